The Hall–Kier alpha value is -0.910. The van der Waals surface area contributed by atoms with Crippen LogP contribution in [0.15, 0.2) is 29.2 Å². The molecule has 5 heteroatoms. The molecule has 0 amide bonds. The van der Waals surface area contributed by atoms with Gasteiger partial charge in [0, 0.05) is 12.6 Å². The van der Waals surface area contributed by atoms with Crippen LogP contribution in [0.25, 0.3) is 0 Å². The van der Waals surface area contributed by atoms with Crippen LogP contribution >= 0.6 is 0 Å². The SMILES string of the molecule is CC(C)Cc1ccc(S(=O)(=O)N(CCO)C2CCC2)cc1. The van der Waals surface area contributed by atoms with Crippen molar-refractivity contribution >= 4 is 10.0 Å². The number of sulfonamides is 1. The van der Waals surface area contributed by atoms with Gasteiger partial charge in [0.05, 0.1) is 11.5 Å². The average Bonchev–Trinajstić information content (AvgIpc) is 2.36. The number of nitrogens with zero attached hydrogens (tertiary/aromatic N) is 1. The summed E-state index contributed by atoms with van der Waals surface area (Å²) in [7, 11) is -3.50. The van der Waals surface area contributed by atoms with Gasteiger partial charge in [0.15, 0.2) is 0 Å². The summed E-state index contributed by atoms with van der Waals surface area (Å²) >= 11 is 0. The van der Waals surface area contributed by atoms with Crippen LogP contribution in [-0.4, -0.2) is 37.0 Å². The number of benzene rings is 1. The fourth-order valence-electron chi connectivity index (χ4n) is 2.68. The smallest absolute Gasteiger partial charge is 0.243 e. The molecule has 0 bridgehead atoms. The minimum atomic E-state index is -3.50. The fourth-order valence-corrected chi connectivity index (χ4v) is 4.35. The molecule has 1 aromatic carbocycles. The van der Waals surface area contributed by atoms with E-state index in [1.165, 1.54) is 4.31 Å². The van der Waals surface area contributed by atoms with Crippen molar-refractivity contribution in [2.24, 2.45) is 5.92 Å². The molecule has 1 fully saturated rings. The lowest BCUT2D eigenvalue weighted by Gasteiger charge is -2.36. The molecule has 0 aromatic heterocycles. The van der Waals surface area contributed by atoms with Crippen LogP contribution in [0.1, 0.15) is 38.7 Å². The molecule has 1 aliphatic rings. The normalized spacial score (nSPS) is 16.4. The van der Waals surface area contributed by atoms with Crippen molar-refractivity contribution in [2.75, 3.05) is 13.2 Å². The third-order valence-electron chi connectivity index (χ3n) is 3.98. The molecule has 1 aliphatic carbocycles. The molecule has 0 atom stereocenters. The van der Waals surface area contributed by atoms with Gasteiger partial charge in [0.2, 0.25) is 10.0 Å². The Morgan fingerprint density at radius 1 is 1.24 bits per heavy atom. The average molecular weight is 311 g/mol. The van der Waals surface area contributed by atoms with Gasteiger partial charge < -0.3 is 5.11 Å². The zero-order valence-electron chi connectivity index (χ0n) is 12.8. The standard InChI is InChI=1S/C16H25NO3S/c1-13(2)12-14-6-8-16(9-7-14)21(19,20)17(10-11-18)15-4-3-5-15/h6-9,13,15,18H,3-5,10-12H2,1-2H3. The summed E-state index contributed by atoms with van der Waals surface area (Å²) in [6, 6.07) is 7.22. The quantitative estimate of drug-likeness (QED) is 0.841. The molecule has 21 heavy (non-hydrogen) atoms. The second-order valence-corrected chi connectivity index (χ2v) is 8.06. The summed E-state index contributed by atoms with van der Waals surface area (Å²) in [5.74, 6) is 0.549. The number of rotatable bonds is 7. The Kier molecular flexibility index (Phi) is 5.41. The maximum Gasteiger partial charge on any atom is 0.243 e. The molecule has 0 saturated heterocycles. The number of hydrogen-bond donors (Lipinski definition) is 1. The lowest BCUT2D eigenvalue weighted by Crippen LogP contribution is -2.45. The van der Waals surface area contributed by atoms with E-state index in [4.69, 9.17) is 5.11 Å². The molecule has 0 aliphatic heterocycles. The van der Waals surface area contributed by atoms with E-state index in [0.717, 1.165) is 31.2 Å². The predicted octanol–water partition coefficient (Wildman–Crippen LogP) is 2.42. The van der Waals surface area contributed by atoms with Gasteiger partial charge in [-0.05, 0) is 42.9 Å². The van der Waals surface area contributed by atoms with E-state index in [1.807, 2.05) is 12.1 Å². The maximum absolute atomic E-state index is 12.7. The molecule has 118 valence electrons. The molecule has 0 spiro atoms. The Bertz CT molecular complexity index is 547. The fraction of sp³-hybridized carbons (Fsp3) is 0.625. The number of aliphatic hydroxyl groups is 1. The molecule has 0 unspecified atom stereocenters. The summed E-state index contributed by atoms with van der Waals surface area (Å²) in [4.78, 5) is 0.329. The second-order valence-electron chi connectivity index (χ2n) is 6.17. The summed E-state index contributed by atoms with van der Waals surface area (Å²) < 4.78 is 26.9. The van der Waals surface area contributed by atoms with Gasteiger partial charge in [0.1, 0.15) is 0 Å². The molecule has 0 heterocycles. The van der Waals surface area contributed by atoms with Crippen LogP contribution in [0.5, 0.6) is 0 Å². The van der Waals surface area contributed by atoms with Crippen molar-refractivity contribution in [3.8, 4) is 0 Å². The second kappa shape index (κ2) is 6.90. The van der Waals surface area contributed by atoms with Gasteiger partial charge in [-0.2, -0.15) is 4.31 Å². The van der Waals surface area contributed by atoms with Crippen LogP contribution in [-0.2, 0) is 16.4 Å². The van der Waals surface area contributed by atoms with Crippen LogP contribution < -0.4 is 0 Å². The summed E-state index contributed by atoms with van der Waals surface area (Å²) in [6.07, 6.45) is 3.80. The van der Waals surface area contributed by atoms with E-state index in [0.29, 0.717) is 10.8 Å². The zero-order valence-corrected chi connectivity index (χ0v) is 13.6. The molecular weight excluding hydrogens is 286 g/mol. The third kappa shape index (κ3) is 3.84. The summed E-state index contributed by atoms with van der Waals surface area (Å²) in [5, 5.41) is 9.15. The highest BCUT2D eigenvalue weighted by Crippen LogP contribution is 2.29. The van der Waals surface area contributed by atoms with Crippen LogP contribution in [0, 0.1) is 5.92 Å². The van der Waals surface area contributed by atoms with Crippen LogP contribution in [0.2, 0.25) is 0 Å². The first kappa shape index (κ1) is 16.5. The van der Waals surface area contributed by atoms with Crippen molar-refractivity contribution in [3.63, 3.8) is 0 Å². The zero-order chi connectivity index (χ0) is 15.5. The first-order valence-electron chi connectivity index (χ1n) is 7.67. The molecular formula is C16H25NO3S. The van der Waals surface area contributed by atoms with E-state index in [-0.39, 0.29) is 19.2 Å². The van der Waals surface area contributed by atoms with E-state index < -0.39 is 10.0 Å². The maximum atomic E-state index is 12.7. The number of aliphatic hydroxyl groups excluding tert-OH is 1. The van der Waals surface area contributed by atoms with Gasteiger partial charge in [0.25, 0.3) is 0 Å². The Labute approximate surface area is 127 Å². The van der Waals surface area contributed by atoms with E-state index in [2.05, 4.69) is 13.8 Å². The minimum Gasteiger partial charge on any atom is -0.395 e. The Morgan fingerprint density at radius 3 is 2.29 bits per heavy atom. The monoisotopic (exact) mass is 311 g/mol. The minimum absolute atomic E-state index is 0.0532. The van der Waals surface area contributed by atoms with Gasteiger partial charge in [-0.3, -0.25) is 0 Å². The van der Waals surface area contributed by atoms with Crippen molar-refractivity contribution in [1.82, 2.24) is 4.31 Å². The number of hydrogen-bond acceptors (Lipinski definition) is 3. The van der Waals surface area contributed by atoms with E-state index in [1.54, 1.807) is 12.1 Å². The lowest BCUT2D eigenvalue weighted by molar-refractivity contribution is 0.178. The van der Waals surface area contributed by atoms with Gasteiger partial charge in [-0.15, -0.1) is 0 Å². The predicted molar refractivity (Wildman–Crippen MR) is 83.6 cm³/mol. The highest BCUT2D eigenvalue weighted by molar-refractivity contribution is 7.89. The Balaban J connectivity index is 2.20. The lowest BCUT2D eigenvalue weighted by atomic mass is 9.93. The summed E-state index contributed by atoms with van der Waals surface area (Å²) in [5.41, 5.74) is 1.15. The Morgan fingerprint density at radius 2 is 1.86 bits per heavy atom. The molecule has 1 N–H and O–H groups in total. The van der Waals surface area contributed by atoms with Gasteiger partial charge in [-0.1, -0.05) is 32.4 Å². The topological polar surface area (TPSA) is 57.6 Å². The molecule has 2 rings (SSSR count). The van der Waals surface area contributed by atoms with Crippen molar-refractivity contribution in [1.29, 1.82) is 0 Å². The van der Waals surface area contributed by atoms with E-state index >= 15 is 0 Å². The summed E-state index contributed by atoms with van der Waals surface area (Å²) in [6.45, 7) is 4.33. The van der Waals surface area contributed by atoms with Crippen molar-refractivity contribution in [2.45, 2.75) is 50.5 Å². The van der Waals surface area contributed by atoms with Crippen molar-refractivity contribution in [3.05, 3.63) is 29.8 Å². The van der Waals surface area contributed by atoms with E-state index in [9.17, 15) is 8.42 Å². The molecule has 1 saturated carbocycles. The molecule has 4 nitrogen and oxygen atoms in total. The third-order valence-corrected chi connectivity index (χ3v) is 5.94. The first-order valence-corrected chi connectivity index (χ1v) is 9.11. The largest absolute Gasteiger partial charge is 0.395 e. The first-order chi connectivity index (χ1) is 9.95. The van der Waals surface area contributed by atoms with Crippen molar-refractivity contribution < 1.29 is 13.5 Å². The highest BCUT2D eigenvalue weighted by Gasteiger charge is 2.34. The van der Waals surface area contributed by atoms with Gasteiger partial charge in [-0.25, -0.2) is 8.42 Å². The molecule has 0 radical (unpaired) electrons. The van der Waals surface area contributed by atoms with Crippen LogP contribution in [0.4, 0.5) is 0 Å². The molecule has 1 aromatic rings. The highest BCUT2D eigenvalue weighted by atomic mass is 32.2. The van der Waals surface area contributed by atoms with Gasteiger partial charge >= 0.3 is 0 Å². The van der Waals surface area contributed by atoms with Crippen LogP contribution in [0.3, 0.4) is 0 Å².